The standard InChI is InChI=1S/C15H18ClN3O4S/c1-11(2)18(10-12-5-4-8-17(12)3)24(22,23)13-6-7-14(16)15(9-13)19(20)21/h4-9,11H,10H2,1-3H3. The van der Waals surface area contributed by atoms with Crippen LogP contribution >= 0.6 is 11.6 Å². The minimum atomic E-state index is -3.91. The number of rotatable bonds is 6. The van der Waals surface area contributed by atoms with Crippen molar-refractivity contribution in [3.63, 3.8) is 0 Å². The summed E-state index contributed by atoms with van der Waals surface area (Å²) in [5.74, 6) is 0. The smallest absolute Gasteiger partial charge is 0.289 e. The number of nitro benzene ring substituents is 1. The van der Waals surface area contributed by atoms with E-state index in [1.165, 1.54) is 16.4 Å². The van der Waals surface area contributed by atoms with Gasteiger partial charge in [0.2, 0.25) is 10.0 Å². The average molecular weight is 372 g/mol. The van der Waals surface area contributed by atoms with Crippen LogP contribution < -0.4 is 0 Å². The molecule has 0 unspecified atom stereocenters. The SMILES string of the molecule is CC(C)N(Cc1cccn1C)S(=O)(=O)c1ccc(Cl)c([N+](=O)[O-])c1. The highest BCUT2D eigenvalue weighted by Crippen LogP contribution is 2.29. The van der Waals surface area contributed by atoms with Gasteiger partial charge < -0.3 is 4.57 Å². The molecule has 0 bridgehead atoms. The molecular formula is C15H18ClN3O4S. The third-order valence-electron chi connectivity index (χ3n) is 3.67. The second-order valence-corrected chi connectivity index (χ2v) is 7.92. The van der Waals surface area contributed by atoms with Crippen molar-refractivity contribution in [2.45, 2.75) is 31.3 Å². The lowest BCUT2D eigenvalue weighted by Crippen LogP contribution is -2.36. The maximum absolute atomic E-state index is 12.9. The minimum absolute atomic E-state index is 0.0996. The predicted molar refractivity (Wildman–Crippen MR) is 91.4 cm³/mol. The van der Waals surface area contributed by atoms with E-state index >= 15 is 0 Å². The lowest BCUT2D eigenvalue weighted by atomic mass is 10.3. The van der Waals surface area contributed by atoms with Crippen LogP contribution in [0.1, 0.15) is 19.5 Å². The Morgan fingerprint density at radius 2 is 2.00 bits per heavy atom. The lowest BCUT2D eigenvalue weighted by molar-refractivity contribution is -0.384. The van der Waals surface area contributed by atoms with Gasteiger partial charge in [-0.3, -0.25) is 10.1 Å². The Balaban J connectivity index is 2.47. The summed E-state index contributed by atoms with van der Waals surface area (Å²) in [5.41, 5.74) is 0.385. The van der Waals surface area contributed by atoms with Crippen LogP contribution in [0.4, 0.5) is 5.69 Å². The molecule has 0 amide bonds. The second-order valence-electron chi connectivity index (χ2n) is 5.62. The number of benzene rings is 1. The van der Waals surface area contributed by atoms with Gasteiger partial charge in [-0.15, -0.1) is 0 Å². The summed E-state index contributed by atoms with van der Waals surface area (Å²) in [7, 11) is -2.08. The van der Waals surface area contributed by atoms with E-state index in [0.717, 1.165) is 11.8 Å². The number of nitrogens with zero attached hydrogens (tertiary/aromatic N) is 3. The molecule has 0 saturated carbocycles. The van der Waals surface area contributed by atoms with Crippen LogP contribution in [-0.2, 0) is 23.6 Å². The zero-order chi connectivity index (χ0) is 18.1. The van der Waals surface area contributed by atoms with E-state index in [-0.39, 0.29) is 22.5 Å². The zero-order valence-corrected chi connectivity index (χ0v) is 15.1. The lowest BCUT2D eigenvalue weighted by Gasteiger charge is -2.26. The average Bonchev–Trinajstić information content (AvgIpc) is 2.89. The van der Waals surface area contributed by atoms with E-state index in [2.05, 4.69) is 0 Å². The summed E-state index contributed by atoms with van der Waals surface area (Å²) in [5, 5.41) is 10.9. The normalized spacial score (nSPS) is 12.1. The molecule has 2 aromatic rings. The number of nitro groups is 1. The van der Waals surface area contributed by atoms with Crippen LogP contribution in [0.2, 0.25) is 5.02 Å². The molecule has 0 spiro atoms. The van der Waals surface area contributed by atoms with Gasteiger partial charge in [0.1, 0.15) is 5.02 Å². The van der Waals surface area contributed by atoms with Crippen molar-refractivity contribution in [1.29, 1.82) is 0 Å². The van der Waals surface area contributed by atoms with Gasteiger partial charge in [0.15, 0.2) is 0 Å². The summed E-state index contributed by atoms with van der Waals surface area (Å²) in [4.78, 5) is 10.2. The number of sulfonamides is 1. The Bertz CT molecular complexity index is 861. The molecule has 7 nitrogen and oxygen atoms in total. The summed E-state index contributed by atoms with van der Waals surface area (Å²) in [6.45, 7) is 3.68. The van der Waals surface area contributed by atoms with Crippen molar-refractivity contribution >= 4 is 27.3 Å². The highest BCUT2D eigenvalue weighted by atomic mass is 35.5. The highest BCUT2D eigenvalue weighted by Gasteiger charge is 2.29. The van der Waals surface area contributed by atoms with Crippen LogP contribution in [0.15, 0.2) is 41.4 Å². The second kappa shape index (κ2) is 6.92. The van der Waals surface area contributed by atoms with Crippen molar-refractivity contribution in [1.82, 2.24) is 8.87 Å². The summed E-state index contributed by atoms with van der Waals surface area (Å²) in [6.07, 6.45) is 1.83. The van der Waals surface area contributed by atoms with Crippen LogP contribution in [-0.4, -0.2) is 28.3 Å². The van der Waals surface area contributed by atoms with E-state index in [0.29, 0.717) is 0 Å². The van der Waals surface area contributed by atoms with Crippen LogP contribution in [0, 0.1) is 10.1 Å². The van der Waals surface area contributed by atoms with Gasteiger partial charge in [-0.05, 0) is 38.1 Å². The molecule has 0 radical (unpaired) electrons. The van der Waals surface area contributed by atoms with Crippen molar-refractivity contribution in [2.75, 3.05) is 0 Å². The fourth-order valence-corrected chi connectivity index (χ4v) is 4.11. The molecule has 9 heteroatoms. The Hall–Kier alpha value is -1.90. The molecular weight excluding hydrogens is 354 g/mol. The minimum Gasteiger partial charge on any atom is -0.353 e. The number of hydrogen-bond acceptors (Lipinski definition) is 4. The Morgan fingerprint density at radius 3 is 2.50 bits per heavy atom. The summed E-state index contributed by atoms with van der Waals surface area (Å²) in [6, 6.07) is 6.85. The van der Waals surface area contributed by atoms with E-state index in [4.69, 9.17) is 11.6 Å². The van der Waals surface area contributed by atoms with Crippen LogP contribution in [0.5, 0.6) is 0 Å². The molecule has 0 saturated heterocycles. The summed E-state index contributed by atoms with van der Waals surface area (Å²) < 4.78 is 29.0. The van der Waals surface area contributed by atoms with Crippen molar-refractivity contribution in [2.24, 2.45) is 7.05 Å². The first-order chi connectivity index (χ1) is 11.1. The first-order valence-electron chi connectivity index (χ1n) is 7.20. The number of aryl methyl sites for hydroxylation is 1. The quantitative estimate of drug-likeness (QED) is 0.576. The maximum Gasteiger partial charge on any atom is 0.289 e. The van der Waals surface area contributed by atoms with E-state index in [9.17, 15) is 18.5 Å². The molecule has 0 atom stereocenters. The topological polar surface area (TPSA) is 85.5 Å². The predicted octanol–water partition coefficient (Wildman–Crippen LogP) is 3.19. The summed E-state index contributed by atoms with van der Waals surface area (Å²) >= 11 is 5.77. The fraction of sp³-hybridized carbons (Fsp3) is 0.333. The number of halogens is 1. The maximum atomic E-state index is 12.9. The molecule has 24 heavy (non-hydrogen) atoms. The third kappa shape index (κ3) is 3.61. The third-order valence-corrected chi connectivity index (χ3v) is 6.00. The molecule has 0 N–H and O–H groups in total. The molecule has 1 heterocycles. The molecule has 0 aliphatic heterocycles. The molecule has 1 aromatic carbocycles. The molecule has 0 aliphatic carbocycles. The van der Waals surface area contributed by atoms with Gasteiger partial charge >= 0.3 is 0 Å². The molecule has 0 fully saturated rings. The molecule has 0 aliphatic rings. The molecule has 1 aromatic heterocycles. The Kier molecular flexibility index (Phi) is 5.32. The first-order valence-corrected chi connectivity index (χ1v) is 9.02. The Morgan fingerprint density at radius 1 is 1.33 bits per heavy atom. The number of aromatic nitrogens is 1. The zero-order valence-electron chi connectivity index (χ0n) is 13.5. The van der Waals surface area contributed by atoms with Gasteiger partial charge in [0.25, 0.3) is 5.69 Å². The van der Waals surface area contributed by atoms with Crippen molar-refractivity contribution in [3.05, 3.63) is 57.4 Å². The van der Waals surface area contributed by atoms with Gasteiger partial charge in [0, 0.05) is 31.0 Å². The fourth-order valence-electron chi connectivity index (χ4n) is 2.29. The van der Waals surface area contributed by atoms with E-state index in [1.807, 2.05) is 29.9 Å². The van der Waals surface area contributed by atoms with Crippen molar-refractivity contribution < 1.29 is 13.3 Å². The first kappa shape index (κ1) is 18.4. The van der Waals surface area contributed by atoms with E-state index < -0.39 is 20.6 Å². The molecule has 130 valence electrons. The number of hydrogen-bond donors (Lipinski definition) is 0. The van der Waals surface area contributed by atoms with Gasteiger partial charge in [-0.25, -0.2) is 8.42 Å². The van der Waals surface area contributed by atoms with Crippen LogP contribution in [0.3, 0.4) is 0 Å². The Labute approximate surface area is 145 Å². The largest absolute Gasteiger partial charge is 0.353 e. The molecule has 2 rings (SSSR count). The van der Waals surface area contributed by atoms with Crippen LogP contribution in [0.25, 0.3) is 0 Å². The highest BCUT2D eigenvalue weighted by molar-refractivity contribution is 7.89. The van der Waals surface area contributed by atoms with Crippen molar-refractivity contribution in [3.8, 4) is 0 Å². The van der Waals surface area contributed by atoms with Gasteiger partial charge in [-0.2, -0.15) is 4.31 Å². The monoisotopic (exact) mass is 371 g/mol. The van der Waals surface area contributed by atoms with Gasteiger partial charge in [0.05, 0.1) is 16.4 Å². The van der Waals surface area contributed by atoms with E-state index in [1.54, 1.807) is 13.8 Å². The van der Waals surface area contributed by atoms with Gasteiger partial charge in [-0.1, -0.05) is 11.6 Å².